The van der Waals surface area contributed by atoms with Gasteiger partial charge in [0.15, 0.2) is 6.61 Å². The Balaban J connectivity index is 1.57. The Morgan fingerprint density at radius 2 is 1.86 bits per heavy atom. The standard InChI is InChI=1S/C29H31FN2O3/c1-19(2)15-28(34)32-14-13-21-9-12-25(17-26(21)29(32)22-7-10-23(30)11-8-22)35-18-27(33)31-24-6-4-5-20(3)16-24/h4-12,16-17,19,29H,13-15,18H2,1-3H3,(H,31,33)/t29-/m0/s1. The summed E-state index contributed by atoms with van der Waals surface area (Å²) < 4.78 is 19.5. The highest BCUT2D eigenvalue weighted by atomic mass is 19.1. The summed E-state index contributed by atoms with van der Waals surface area (Å²) in [5.74, 6) is 0.287. The van der Waals surface area contributed by atoms with Crippen molar-refractivity contribution in [3.63, 3.8) is 0 Å². The number of hydrogen-bond donors (Lipinski definition) is 1. The Kier molecular flexibility index (Phi) is 7.49. The van der Waals surface area contributed by atoms with Crippen LogP contribution in [0, 0.1) is 18.7 Å². The van der Waals surface area contributed by atoms with Crippen LogP contribution in [0.4, 0.5) is 10.1 Å². The van der Waals surface area contributed by atoms with Gasteiger partial charge in [-0.2, -0.15) is 0 Å². The molecule has 0 aliphatic carbocycles. The number of hydrogen-bond acceptors (Lipinski definition) is 3. The third-order valence-corrected chi connectivity index (χ3v) is 6.11. The molecule has 1 N–H and O–H groups in total. The van der Waals surface area contributed by atoms with Gasteiger partial charge in [0.25, 0.3) is 5.91 Å². The molecule has 0 saturated carbocycles. The number of rotatable bonds is 7. The first kappa shape index (κ1) is 24.5. The van der Waals surface area contributed by atoms with Crippen molar-refractivity contribution in [1.29, 1.82) is 0 Å². The zero-order valence-electron chi connectivity index (χ0n) is 20.4. The Morgan fingerprint density at radius 3 is 2.57 bits per heavy atom. The molecule has 0 bridgehead atoms. The Labute approximate surface area is 205 Å². The second kappa shape index (κ2) is 10.7. The fourth-order valence-electron chi connectivity index (χ4n) is 4.49. The van der Waals surface area contributed by atoms with E-state index in [0.717, 1.165) is 34.4 Å². The lowest BCUT2D eigenvalue weighted by Crippen LogP contribution is -2.41. The highest BCUT2D eigenvalue weighted by Gasteiger charge is 2.32. The van der Waals surface area contributed by atoms with E-state index in [1.807, 2.05) is 68.1 Å². The third kappa shape index (κ3) is 6.07. The van der Waals surface area contributed by atoms with Gasteiger partial charge >= 0.3 is 0 Å². The minimum atomic E-state index is -0.338. The molecule has 35 heavy (non-hydrogen) atoms. The van der Waals surface area contributed by atoms with Crippen LogP contribution in [0.5, 0.6) is 5.75 Å². The molecule has 3 aromatic carbocycles. The van der Waals surface area contributed by atoms with Crippen molar-refractivity contribution >= 4 is 17.5 Å². The molecule has 0 spiro atoms. The van der Waals surface area contributed by atoms with Crippen molar-refractivity contribution in [3.8, 4) is 5.75 Å². The normalized spacial score (nSPS) is 15.0. The Morgan fingerprint density at radius 1 is 1.09 bits per heavy atom. The molecule has 0 radical (unpaired) electrons. The number of nitrogens with one attached hydrogen (secondary N) is 1. The predicted molar refractivity (Wildman–Crippen MR) is 135 cm³/mol. The van der Waals surface area contributed by atoms with Crippen LogP contribution >= 0.6 is 0 Å². The van der Waals surface area contributed by atoms with E-state index in [2.05, 4.69) is 5.32 Å². The monoisotopic (exact) mass is 474 g/mol. The highest BCUT2D eigenvalue weighted by Crippen LogP contribution is 2.38. The first-order valence-corrected chi connectivity index (χ1v) is 12.0. The molecule has 0 unspecified atom stereocenters. The van der Waals surface area contributed by atoms with Crippen molar-refractivity contribution in [3.05, 3.63) is 94.8 Å². The van der Waals surface area contributed by atoms with Crippen LogP contribution in [-0.4, -0.2) is 29.9 Å². The van der Waals surface area contributed by atoms with E-state index in [-0.39, 0.29) is 36.2 Å². The summed E-state index contributed by atoms with van der Waals surface area (Å²) in [7, 11) is 0. The van der Waals surface area contributed by atoms with Gasteiger partial charge in [0.05, 0.1) is 6.04 Å². The fourth-order valence-corrected chi connectivity index (χ4v) is 4.49. The van der Waals surface area contributed by atoms with E-state index in [1.54, 1.807) is 12.1 Å². The molecule has 6 heteroatoms. The number of ether oxygens (including phenoxy) is 1. The average molecular weight is 475 g/mol. The molecule has 0 fully saturated rings. The molecule has 0 aromatic heterocycles. The van der Waals surface area contributed by atoms with E-state index in [0.29, 0.717) is 18.7 Å². The zero-order chi connectivity index (χ0) is 24.9. The summed E-state index contributed by atoms with van der Waals surface area (Å²) in [5, 5.41) is 2.84. The van der Waals surface area contributed by atoms with Crippen molar-refractivity contribution in [1.82, 2.24) is 4.90 Å². The van der Waals surface area contributed by atoms with E-state index >= 15 is 0 Å². The number of benzene rings is 3. The highest BCUT2D eigenvalue weighted by molar-refractivity contribution is 5.91. The van der Waals surface area contributed by atoms with E-state index in [9.17, 15) is 14.0 Å². The maximum absolute atomic E-state index is 13.7. The van der Waals surface area contributed by atoms with Crippen LogP contribution in [0.25, 0.3) is 0 Å². The smallest absolute Gasteiger partial charge is 0.262 e. The lowest BCUT2D eigenvalue weighted by molar-refractivity contribution is -0.134. The topological polar surface area (TPSA) is 58.6 Å². The fraction of sp³-hybridized carbons (Fsp3) is 0.310. The van der Waals surface area contributed by atoms with E-state index < -0.39 is 0 Å². The molecular weight excluding hydrogens is 443 g/mol. The van der Waals surface area contributed by atoms with E-state index in [1.165, 1.54) is 12.1 Å². The molecule has 1 heterocycles. The van der Waals surface area contributed by atoms with Gasteiger partial charge in [0.2, 0.25) is 5.91 Å². The van der Waals surface area contributed by atoms with Gasteiger partial charge in [-0.1, -0.05) is 44.2 Å². The van der Waals surface area contributed by atoms with Crippen LogP contribution in [0.3, 0.4) is 0 Å². The van der Waals surface area contributed by atoms with Crippen molar-refractivity contribution in [2.75, 3.05) is 18.5 Å². The van der Waals surface area contributed by atoms with Crippen LogP contribution in [0.1, 0.15) is 48.6 Å². The number of anilines is 1. The third-order valence-electron chi connectivity index (χ3n) is 6.11. The summed E-state index contributed by atoms with van der Waals surface area (Å²) in [4.78, 5) is 27.4. The zero-order valence-corrected chi connectivity index (χ0v) is 20.4. The van der Waals surface area contributed by atoms with Gasteiger partial charge in [0, 0.05) is 18.7 Å². The molecule has 0 saturated heterocycles. The number of carbonyl (C=O) groups is 2. The molecular formula is C29H31FN2O3. The number of fused-ring (bicyclic) bond motifs is 1. The summed E-state index contributed by atoms with van der Waals surface area (Å²) in [6.45, 7) is 6.47. The molecule has 5 nitrogen and oxygen atoms in total. The van der Waals surface area contributed by atoms with E-state index in [4.69, 9.17) is 4.74 Å². The van der Waals surface area contributed by atoms with Gasteiger partial charge in [0.1, 0.15) is 11.6 Å². The van der Waals surface area contributed by atoms with Crippen LogP contribution in [0.15, 0.2) is 66.7 Å². The number of amides is 2. The van der Waals surface area contributed by atoms with Gasteiger partial charge < -0.3 is 15.0 Å². The quantitative estimate of drug-likeness (QED) is 0.480. The molecule has 2 amide bonds. The number of halogens is 1. The predicted octanol–water partition coefficient (Wildman–Crippen LogP) is 5.67. The maximum atomic E-state index is 13.7. The minimum absolute atomic E-state index is 0.0730. The van der Waals surface area contributed by atoms with Crippen molar-refractivity contribution in [2.45, 2.75) is 39.7 Å². The largest absolute Gasteiger partial charge is 0.484 e. The lowest BCUT2D eigenvalue weighted by Gasteiger charge is -2.38. The summed E-state index contributed by atoms with van der Waals surface area (Å²) in [6.07, 6.45) is 1.17. The first-order valence-electron chi connectivity index (χ1n) is 12.0. The molecule has 1 aliphatic rings. The Hall–Kier alpha value is -3.67. The number of aryl methyl sites for hydroxylation is 1. The molecule has 1 atom stereocenters. The average Bonchev–Trinajstić information content (AvgIpc) is 2.82. The van der Waals surface area contributed by atoms with Gasteiger partial charge in [-0.15, -0.1) is 0 Å². The van der Waals surface area contributed by atoms with Crippen LogP contribution < -0.4 is 10.1 Å². The molecule has 4 rings (SSSR count). The first-order chi connectivity index (χ1) is 16.8. The van der Waals surface area contributed by atoms with Crippen molar-refractivity contribution in [2.24, 2.45) is 5.92 Å². The summed E-state index contributed by atoms with van der Waals surface area (Å²) in [6, 6.07) is 19.3. The number of nitrogens with zero attached hydrogens (tertiary/aromatic N) is 1. The summed E-state index contributed by atoms with van der Waals surface area (Å²) >= 11 is 0. The molecule has 1 aliphatic heterocycles. The summed E-state index contributed by atoms with van der Waals surface area (Å²) in [5.41, 5.74) is 4.68. The minimum Gasteiger partial charge on any atom is -0.484 e. The molecule has 3 aromatic rings. The van der Waals surface area contributed by atoms with Crippen LogP contribution in [-0.2, 0) is 16.0 Å². The Bertz CT molecular complexity index is 1210. The second-order valence-electron chi connectivity index (χ2n) is 9.46. The second-order valence-corrected chi connectivity index (χ2v) is 9.46. The van der Waals surface area contributed by atoms with Crippen molar-refractivity contribution < 1.29 is 18.7 Å². The van der Waals surface area contributed by atoms with Crippen LogP contribution in [0.2, 0.25) is 0 Å². The molecule has 182 valence electrons. The maximum Gasteiger partial charge on any atom is 0.262 e. The lowest BCUT2D eigenvalue weighted by atomic mass is 9.87. The SMILES string of the molecule is Cc1cccc(NC(=O)COc2ccc3c(c2)[C@H](c2ccc(F)cc2)N(C(=O)CC(C)C)CC3)c1. The van der Waals surface area contributed by atoms with Gasteiger partial charge in [-0.05, 0) is 77.9 Å². The van der Waals surface area contributed by atoms with Gasteiger partial charge in [-0.25, -0.2) is 4.39 Å². The van der Waals surface area contributed by atoms with Gasteiger partial charge in [-0.3, -0.25) is 9.59 Å². The number of carbonyl (C=O) groups excluding carboxylic acids is 2.